The molecule has 0 aliphatic carbocycles. The van der Waals surface area contributed by atoms with Crippen LogP contribution < -0.4 is 4.74 Å². The number of aromatic carboxylic acids is 1. The number of rotatable bonds is 15. The van der Waals surface area contributed by atoms with Crippen LogP contribution in [0.1, 0.15) is 46.3 Å². The molecule has 0 atom stereocenters. The number of aliphatic hydroxyl groups excluding tert-OH is 1. The number of unbranched alkanes of at least 4 members (excludes halogenated alkanes) is 1. The minimum Gasteiger partial charge on any atom is -0.489 e. The van der Waals surface area contributed by atoms with E-state index in [9.17, 15) is 18.7 Å². The first kappa shape index (κ1) is 30.4. The Morgan fingerprint density at radius 1 is 0.762 bits per heavy atom. The smallest absolute Gasteiger partial charge is 0.480 e. The van der Waals surface area contributed by atoms with Gasteiger partial charge in [-0.05, 0) is 102 Å². The number of hydrogen-bond acceptors (Lipinski definition) is 3. The number of hydrogen-bond donors (Lipinski definition) is 2. The Balaban J connectivity index is 1.40. The van der Waals surface area contributed by atoms with Gasteiger partial charge in [0.25, 0.3) is 0 Å². The summed E-state index contributed by atoms with van der Waals surface area (Å²) in [5, 5.41) is 18.3. The van der Waals surface area contributed by atoms with Crippen LogP contribution in [0.4, 0.5) is 8.78 Å². The second kappa shape index (κ2) is 14.9. The van der Waals surface area contributed by atoms with Crippen molar-refractivity contribution >= 4 is 11.9 Å². The highest BCUT2D eigenvalue weighted by molar-refractivity contribution is 5.87. The lowest BCUT2D eigenvalue weighted by atomic mass is 10.0. The van der Waals surface area contributed by atoms with E-state index in [1.165, 1.54) is 24.3 Å². The molecular weight excluding hydrogens is 540 g/mol. The largest absolute Gasteiger partial charge is 0.489 e. The van der Waals surface area contributed by atoms with Crippen molar-refractivity contribution in [3.8, 4) is 16.9 Å². The molecule has 42 heavy (non-hydrogen) atoms. The molecule has 0 bridgehead atoms. The normalized spacial score (nSPS) is 11.0. The molecule has 3 N–H and O–H groups in total. The molecule has 4 aromatic carbocycles. The number of ether oxygens (including phenoxy) is 1. The Labute approximate surface area is 243 Å². The minimum atomic E-state index is -0.983. The molecule has 0 heterocycles. The third-order valence-corrected chi connectivity index (χ3v) is 7.02. The van der Waals surface area contributed by atoms with Crippen LogP contribution in [0.3, 0.4) is 0 Å². The average molecular weight is 575 g/mol. The fourth-order valence-electron chi connectivity index (χ4n) is 4.69. The predicted octanol–water partition coefficient (Wildman–Crippen LogP) is 7.18. The second-order valence-corrected chi connectivity index (χ2v) is 10.1. The average Bonchev–Trinajstić information content (AvgIpc) is 2.98. The Hall–Kier alpha value is -4.56. The Bertz CT molecular complexity index is 1470. The van der Waals surface area contributed by atoms with Crippen molar-refractivity contribution in [3.05, 3.63) is 125 Å². The third kappa shape index (κ3) is 9.24. The number of nitrogens with zero attached hydrogens (tertiary/aromatic N) is 1. The summed E-state index contributed by atoms with van der Waals surface area (Å²) in [6, 6.07) is 25.2. The molecule has 0 fully saturated rings. The van der Waals surface area contributed by atoms with Crippen LogP contribution >= 0.6 is 0 Å². The van der Waals surface area contributed by atoms with E-state index >= 15 is 0 Å². The summed E-state index contributed by atoms with van der Waals surface area (Å²) in [4.78, 5) is 22.5. The molecule has 0 radical (unpaired) electrons. The van der Waals surface area contributed by atoms with E-state index in [0.29, 0.717) is 38.2 Å². The molecule has 4 rings (SSSR count). The zero-order chi connectivity index (χ0) is 29.9. The van der Waals surface area contributed by atoms with Gasteiger partial charge in [0.1, 0.15) is 30.4 Å². The van der Waals surface area contributed by atoms with Crippen LogP contribution in [0, 0.1) is 11.6 Å². The van der Waals surface area contributed by atoms with Gasteiger partial charge in [0.15, 0.2) is 0 Å². The molecule has 0 aromatic heterocycles. The van der Waals surface area contributed by atoms with Gasteiger partial charge in [-0.2, -0.15) is 0 Å². The number of halogens is 2. The molecule has 8 heteroatoms. The van der Waals surface area contributed by atoms with Crippen molar-refractivity contribution in [1.29, 1.82) is 0 Å². The van der Waals surface area contributed by atoms with Gasteiger partial charge in [0.2, 0.25) is 0 Å². The van der Waals surface area contributed by atoms with Crippen molar-refractivity contribution in [2.75, 3.05) is 13.1 Å². The highest BCUT2D eigenvalue weighted by atomic mass is 19.1. The van der Waals surface area contributed by atoms with Crippen LogP contribution in [-0.4, -0.2) is 44.9 Å². The number of carbonyl (C=O) groups is 1. The monoisotopic (exact) mass is 574 g/mol. The second-order valence-electron chi connectivity index (χ2n) is 10.1. The molecule has 0 unspecified atom stereocenters. The maximum absolute atomic E-state index is 14.3. The number of aliphatic carboxylic acids is 1. The lowest BCUT2D eigenvalue weighted by Gasteiger charge is -2.23. The summed E-state index contributed by atoms with van der Waals surface area (Å²) >= 11 is 0. The molecule has 218 valence electrons. The van der Waals surface area contributed by atoms with E-state index in [0.717, 1.165) is 34.2 Å². The van der Waals surface area contributed by atoms with E-state index in [2.05, 4.69) is 4.90 Å². The quantitative estimate of drug-likeness (QED) is 0.116. The highest BCUT2D eigenvalue weighted by Gasteiger charge is 2.13. The maximum atomic E-state index is 14.3. The fraction of sp³-hybridized carbons (Fsp3) is 0.235. The first-order valence-electron chi connectivity index (χ1n) is 13.8. The molecule has 6 nitrogen and oxygen atoms in total. The van der Waals surface area contributed by atoms with Crippen LogP contribution in [0.5, 0.6) is 5.75 Å². The Morgan fingerprint density at radius 2 is 1.40 bits per heavy atom. The van der Waals surface area contributed by atoms with E-state index in [1.54, 1.807) is 42.5 Å². The topological polar surface area (TPSA) is 91.4 Å². The first-order chi connectivity index (χ1) is 20.3. The van der Waals surface area contributed by atoms with E-state index in [4.69, 9.17) is 14.6 Å². The zero-order valence-corrected chi connectivity index (χ0v) is 23.2. The van der Waals surface area contributed by atoms with Gasteiger partial charge < -0.3 is 19.7 Å². The van der Waals surface area contributed by atoms with Crippen LogP contribution in [0.25, 0.3) is 11.1 Å². The van der Waals surface area contributed by atoms with Gasteiger partial charge in [-0.3, -0.25) is 4.90 Å². The van der Waals surface area contributed by atoms with Gasteiger partial charge in [0.05, 0.1) is 5.56 Å². The molecule has 0 spiro atoms. The van der Waals surface area contributed by atoms with E-state index in [-0.39, 0.29) is 30.2 Å². The minimum absolute atomic E-state index is 0.206. The van der Waals surface area contributed by atoms with Gasteiger partial charge in [-0.25, -0.2) is 13.6 Å². The predicted molar refractivity (Wildman–Crippen MR) is 158 cm³/mol. The van der Waals surface area contributed by atoms with Crippen molar-refractivity contribution in [2.24, 2.45) is 0 Å². The number of carboxylic acid groups (broad SMARTS) is 2. The van der Waals surface area contributed by atoms with Crippen molar-refractivity contribution in [1.82, 2.24) is 4.90 Å². The molecule has 0 aliphatic heterocycles. The van der Waals surface area contributed by atoms with Crippen LogP contribution in [0.15, 0.2) is 91.0 Å². The van der Waals surface area contributed by atoms with Crippen LogP contribution in [0.2, 0.25) is 0 Å². The van der Waals surface area contributed by atoms with E-state index in [1.807, 2.05) is 24.3 Å². The van der Waals surface area contributed by atoms with Crippen LogP contribution in [-0.2, 0) is 19.6 Å². The van der Waals surface area contributed by atoms with E-state index < -0.39 is 11.9 Å². The van der Waals surface area contributed by atoms with Crippen molar-refractivity contribution < 1.29 is 33.3 Å². The molecule has 0 aliphatic rings. The van der Waals surface area contributed by atoms with Gasteiger partial charge in [-0.15, -0.1) is 0 Å². The molecule has 4 aromatic rings. The van der Waals surface area contributed by atoms with Gasteiger partial charge in [-0.1, -0.05) is 42.5 Å². The third-order valence-electron chi connectivity index (χ3n) is 7.02. The molecule has 0 amide bonds. The lowest BCUT2D eigenvalue weighted by Crippen LogP contribution is -2.27. The maximum Gasteiger partial charge on any atom is 0.480 e. The lowest BCUT2D eigenvalue weighted by molar-refractivity contribution is 0.0697. The summed E-state index contributed by atoms with van der Waals surface area (Å²) in [6.45, 7) is 2.11. The summed E-state index contributed by atoms with van der Waals surface area (Å²) in [5.74, 6) is -1.52. The summed E-state index contributed by atoms with van der Waals surface area (Å²) < 4.78 is 33.5. The van der Waals surface area contributed by atoms with Gasteiger partial charge in [0, 0.05) is 13.1 Å². The summed E-state index contributed by atoms with van der Waals surface area (Å²) in [6.07, 6.45) is 2.10. The molecule has 0 saturated heterocycles. The zero-order valence-electron chi connectivity index (χ0n) is 23.2. The first-order valence-corrected chi connectivity index (χ1v) is 13.8. The summed E-state index contributed by atoms with van der Waals surface area (Å²) in [5.41, 5.74) is 4.69. The standard InChI is InChI=1S/C34H33F2NO5/c35-30-13-8-25(9-14-30)26-11-16-32(17-12-26)42-23-29-10-15-31(36)21-28(29)18-20-37(19-2-1-3-33(38)39)22-24-4-6-27(7-5-24)34(40)41/h4-17,21H,1-3,18-20,22-23H2,(H,38,39)(H,40,41)/p+1. The molecule has 0 saturated carbocycles. The number of carboxylic acids is 2. The Morgan fingerprint density at radius 3 is 2.05 bits per heavy atom. The number of benzene rings is 4. The highest BCUT2D eigenvalue weighted by Crippen LogP contribution is 2.24. The van der Waals surface area contributed by atoms with Crippen molar-refractivity contribution in [2.45, 2.75) is 38.8 Å². The van der Waals surface area contributed by atoms with Gasteiger partial charge >= 0.3 is 11.9 Å². The SMILES string of the molecule is O=C(O)c1ccc(CN(CCCCC(O)=[OH+])CCc2cc(F)ccc2COc2ccc(-c3ccc(F)cc3)cc2)cc1. The van der Waals surface area contributed by atoms with Crippen molar-refractivity contribution in [3.63, 3.8) is 0 Å². The Kier molecular flexibility index (Phi) is 10.8. The molecular formula is C34H34F2NO5+. The summed E-state index contributed by atoms with van der Waals surface area (Å²) in [7, 11) is 0. The fourth-order valence-corrected chi connectivity index (χ4v) is 4.69.